The highest BCUT2D eigenvalue weighted by atomic mass is 16.5. The van der Waals surface area contributed by atoms with Crippen molar-refractivity contribution in [2.45, 2.75) is 39.5 Å². The molecule has 0 fully saturated rings. The SMILES string of the molecule is CCCCC(CC)COc1cc(N)cc(OC)c1. The van der Waals surface area contributed by atoms with Crippen LogP contribution in [-0.2, 0) is 0 Å². The Bertz CT molecular complexity index is 352. The molecular formula is C15H25NO2. The van der Waals surface area contributed by atoms with Crippen LogP contribution in [0.4, 0.5) is 5.69 Å². The molecule has 102 valence electrons. The number of hydrogen-bond acceptors (Lipinski definition) is 3. The van der Waals surface area contributed by atoms with Crippen molar-refractivity contribution in [1.29, 1.82) is 0 Å². The summed E-state index contributed by atoms with van der Waals surface area (Å²) in [4.78, 5) is 0. The number of benzene rings is 1. The van der Waals surface area contributed by atoms with Crippen LogP contribution >= 0.6 is 0 Å². The molecule has 0 aliphatic rings. The van der Waals surface area contributed by atoms with Crippen molar-refractivity contribution in [2.24, 2.45) is 5.92 Å². The Morgan fingerprint density at radius 1 is 1.17 bits per heavy atom. The standard InChI is InChI=1S/C15H25NO2/c1-4-6-7-12(5-2)11-18-15-9-13(16)8-14(10-15)17-3/h8-10,12H,4-7,11,16H2,1-3H3. The first kappa shape index (κ1) is 14.7. The van der Waals surface area contributed by atoms with Crippen LogP contribution < -0.4 is 15.2 Å². The first-order valence-electron chi connectivity index (χ1n) is 6.76. The lowest BCUT2D eigenvalue weighted by Crippen LogP contribution is -2.11. The highest BCUT2D eigenvalue weighted by Gasteiger charge is 2.08. The summed E-state index contributed by atoms with van der Waals surface area (Å²) in [6.45, 7) is 5.18. The van der Waals surface area contributed by atoms with Gasteiger partial charge in [0, 0.05) is 23.9 Å². The first-order chi connectivity index (χ1) is 8.69. The lowest BCUT2D eigenvalue weighted by Gasteiger charge is -2.16. The van der Waals surface area contributed by atoms with Gasteiger partial charge in [-0.1, -0.05) is 33.1 Å². The van der Waals surface area contributed by atoms with Crippen LogP contribution in [0.15, 0.2) is 18.2 Å². The van der Waals surface area contributed by atoms with Crippen LogP contribution in [-0.4, -0.2) is 13.7 Å². The zero-order valence-electron chi connectivity index (χ0n) is 11.7. The van der Waals surface area contributed by atoms with Gasteiger partial charge in [-0.3, -0.25) is 0 Å². The molecule has 1 unspecified atom stereocenters. The van der Waals surface area contributed by atoms with Crippen molar-refractivity contribution in [3.05, 3.63) is 18.2 Å². The van der Waals surface area contributed by atoms with Crippen molar-refractivity contribution in [1.82, 2.24) is 0 Å². The maximum absolute atomic E-state index is 5.82. The van der Waals surface area contributed by atoms with Gasteiger partial charge >= 0.3 is 0 Å². The van der Waals surface area contributed by atoms with Gasteiger partial charge in [-0.25, -0.2) is 0 Å². The van der Waals surface area contributed by atoms with E-state index in [2.05, 4.69) is 13.8 Å². The summed E-state index contributed by atoms with van der Waals surface area (Å²) in [6, 6.07) is 5.51. The van der Waals surface area contributed by atoms with Gasteiger partial charge < -0.3 is 15.2 Å². The van der Waals surface area contributed by atoms with E-state index >= 15 is 0 Å². The van der Waals surface area contributed by atoms with Gasteiger partial charge in [-0.15, -0.1) is 0 Å². The minimum absolute atomic E-state index is 0.623. The van der Waals surface area contributed by atoms with Crippen LogP contribution in [0.2, 0.25) is 0 Å². The molecule has 1 aromatic carbocycles. The van der Waals surface area contributed by atoms with Gasteiger partial charge in [0.05, 0.1) is 13.7 Å². The molecule has 0 heterocycles. The molecule has 0 spiro atoms. The van der Waals surface area contributed by atoms with Gasteiger partial charge in [-0.2, -0.15) is 0 Å². The molecule has 0 aromatic heterocycles. The number of anilines is 1. The normalized spacial score (nSPS) is 12.2. The molecule has 3 nitrogen and oxygen atoms in total. The Kier molecular flexibility index (Phi) is 6.40. The highest BCUT2D eigenvalue weighted by molar-refractivity contribution is 5.50. The first-order valence-corrected chi connectivity index (χ1v) is 6.76. The Balaban J connectivity index is 2.53. The molecule has 2 N–H and O–H groups in total. The molecule has 1 rings (SSSR count). The summed E-state index contributed by atoms with van der Waals surface area (Å²) in [5.41, 5.74) is 6.47. The average molecular weight is 251 g/mol. The zero-order valence-corrected chi connectivity index (χ0v) is 11.7. The predicted octanol–water partition coefficient (Wildman–Crippen LogP) is 3.87. The molecule has 0 aliphatic heterocycles. The Labute approximate surface area is 110 Å². The number of rotatable bonds is 8. The fourth-order valence-electron chi connectivity index (χ4n) is 1.91. The van der Waals surface area contributed by atoms with Crippen LogP contribution in [0.25, 0.3) is 0 Å². The number of methoxy groups -OCH3 is 1. The third-order valence-electron chi connectivity index (χ3n) is 3.17. The summed E-state index contributed by atoms with van der Waals surface area (Å²) in [6.07, 6.45) is 4.89. The predicted molar refractivity (Wildman–Crippen MR) is 76.2 cm³/mol. The van der Waals surface area contributed by atoms with E-state index in [1.165, 1.54) is 19.3 Å². The quantitative estimate of drug-likeness (QED) is 0.713. The van der Waals surface area contributed by atoms with Crippen LogP contribution in [0, 0.1) is 5.92 Å². The fraction of sp³-hybridized carbons (Fsp3) is 0.600. The third kappa shape index (κ3) is 4.86. The number of unbranched alkanes of at least 4 members (excludes halogenated alkanes) is 1. The number of hydrogen-bond donors (Lipinski definition) is 1. The van der Waals surface area contributed by atoms with E-state index in [4.69, 9.17) is 15.2 Å². The van der Waals surface area contributed by atoms with Gasteiger partial charge in [0.25, 0.3) is 0 Å². The van der Waals surface area contributed by atoms with Crippen LogP contribution in [0.1, 0.15) is 39.5 Å². The molecule has 3 heteroatoms. The van der Waals surface area contributed by atoms with Crippen molar-refractivity contribution in [3.63, 3.8) is 0 Å². The zero-order chi connectivity index (χ0) is 13.4. The molecular weight excluding hydrogens is 226 g/mol. The Morgan fingerprint density at radius 3 is 2.50 bits per heavy atom. The summed E-state index contributed by atoms with van der Waals surface area (Å²) >= 11 is 0. The van der Waals surface area contributed by atoms with E-state index in [1.807, 2.05) is 12.1 Å². The molecule has 1 aromatic rings. The summed E-state index contributed by atoms with van der Waals surface area (Å²) < 4.78 is 11.0. The molecule has 18 heavy (non-hydrogen) atoms. The monoisotopic (exact) mass is 251 g/mol. The second kappa shape index (κ2) is 7.85. The second-order valence-electron chi connectivity index (χ2n) is 4.67. The van der Waals surface area contributed by atoms with Crippen LogP contribution in [0.5, 0.6) is 11.5 Å². The van der Waals surface area contributed by atoms with Gasteiger partial charge in [0.1, 0.15) is 11.5 Å². The maximum atomic E-state index is 5.82. The fourth-order valence-corrected chi connectivity index (χ4v) is 1.91. The maximum Gasteiger partial charge on any atom is 0.125 e. The highest BCUT2D eigenvalue weighted by Crippen LogP contribution is 2.25. The van der Waals surface area contributed by atoms with E-state index in [-0.39, 0.29) is 0 Å². The number of ether oxygens (including phenoxy) is 2. The van der Waals surface area contributed by atoms with Crippen LogP contribution in [0.3, 0.4) is 0 Å². The van der Waals surface area contributed by atoms with Gasteiger partial charge in [0.15, 0.2) is 0 Å². The largest absolute Gasteiger partial charge is 0.497 e. The van der Waals surface area contributed by atoms with Gasteiger partial charge in [-0.05, 0) is 12.3 Å². The average Bonchev–Trinajstić information content (AvgIpc) is 2.38. The minimum atomic E-state index is 0.623. The lowest BCUT2D eigenvalue weighted by molar-refractivity contribution is 0.232. The smallest absolute Gasteiger partial charge is 0.125 e. The molecule has 0 aliphatic carbocycles. The third-order valence-corrected chi connectivity index (χ3v) is 3.17. The van der Waals surface area contributed by atoms with Crippen molar-refractivity contribution in [3.8, 4) is 11.5 Å². The number of nitrogen functional groups attached to an aromatic ring is 1. The Hall–Kier alpha value is -1.38. The van der Waals surface area contributed by atoms with Crippen molar-refractivity contribution >= 4 is 5.69 Å². The van der Waals surface area contributed by atoms with Crippen molar-refractivity contribution in [2.75, 3.05) is 19.5 Å². The van der Waals surface area contributed by atoms with E-state index in [0.29, 0.717) is 11.6 Å². The topological polar surface area (TPSA) is 44.5 Å². The molecule has 0 saturated carbocycles. The molecule has 0 saturated heterocycles. The van der Waals surface area contributed by atoms with E-state index < -0.39 is 0 Å². The van der Waals surface area contributed by atoms with Crippen molar-refractivity contribution < 1.29 is 9.47 Å². The summed E-state index contributed by atoms with van der Waals surface area (Å²) in [7, 11) is 1.63. The Morgan fingerprint density at radius 2 is 1.89 bits per heavy atom. The van der Waals surface area contributed by atoms with E-state index in [0.717, 1.165) is 24.5 Å². The summed E-state index contributed by atoms with van der Waals surface area (Å²) in [5.74, 6) is 2.16. The molecule has 0 bridgehead atoms. The molecule has 1 atom stereocenters. The summed E-state index contributed by atoms with van der Waals surface area (Å²) in [5, 5.41) is 0. The van der Waals surface area contributed by atoms with E-state index in [1.54, 1.807) is 13.2 Å². The minimum Gasteiger partial charge on any atom is -0.497 e. The van der Waals surface area contributed by atoms with Gasteiger partial charge in [0.2, 0.25) is 0 Å². The molecule has 0 radical (unpaired) electrons. The lowest BCUT2D eigenvalue weighted by atomic mass is 10.0. The number of nitrogens with two attached hydrogens (primary N) is 1. The molecule has 0 amide bonds. The van der Waals surface area contributed by atoms with E-state index in [9.17, 15) is 0 Å². The second-order valence-corrected chi connectivity index (χ2v) is 4.67.